The van der Waals surface area contributed by atoms with Crippen LogP contribution in [0.5, 0.6) is 0 Å². The third kappa shape index (κ3) is 5.33. The summed E-state index contributed by atoms with van der Waals surface area (Å²) in [5.74, 6) is 0. The minimum Gasteiger partial charge on any atom is -0.354 e. The third-order valence-electron chi connectivity index (χ3n) is 9.31. The fourth-order valence-corrected chi connectivity index (χ4v) is 7.85. The summed E-state index contributed by atoms with van der Waals surface area (Å²) in [7, 11) is 0. The molecular formula is C46H31NS. The molecule has 1 aromatic heterocycles. The number of fused-ring (bicyclic) bond motifs is 4. The summed E-state index contributed by atoms with van der Waals surface area (Å²) in [4.78, 5) is 0. The van der Waals surface area contributed by atoms with Gasteiger partial charge in [-0.05, 0) is 85.6 Å². The highest BCUT2D eigenvalue weighted by Crippen LogP contribution is 2.39. The molecule has 0 aliphatic heterocycles. The van der Waals surface area contributed by atoms with Gasteiger partial charge in [0, 0.05) is 21.2 Å². The summed E-state index contributed by atoms with van der Waals surface area (Å²) >= 11 is 1.84. The molecule has 0 atom stereocenters. The van der Waals surface area contributed by atoms with Crippen molar-refractivity contribution in [1.82, 2.24) is 0 Å². The van der Waals surface area contributed by atoms with Gasteiger partial charge in [-0.3, -0.25) is 0 Å². The summed E-state index contributed by atoms with van der Waals surface area (Å²) in [6.07, 6.45) is 0. The summed E-state index contributed by atoms with van der Waals surface area (Å²) in [5, 5.41) is 8.82. The van der Waals surface area contributed by atoms with E-state index in [-0.39, 0.29) is 0 Å². The van der Waals surface area contributed by atoms with Crippen LogP contribution in [-0.4, -0.2) is 0 Å². The van der Waals surface area contributed by atoms with E-state index in [0.29, 0.717) is 0 Å². The van der Waals surface area contributed by atoms with Gasteiger partial charge in [0.15, 0.2) is 0 Å². The molecule has 0 bridgehead atoms. The number of benzene rings is 8. The second-order valence-electron chi connectivity index (χ2n) is 12.3. The van der Waals surface area contributed by atoms with Crippen molar-refractivity contribution in [1.29, 1.82) is 0 Å². The van der Waals surface area contributed by atoms with E-state index < -0.39 is 0 Å². The number of hydrogen-bond donors (Lipinski definition) is 1. The molecule has 8 aromatic carbocycles. The van der Waals surface area contributed by atoms with E-state index in [0.717, 1.165) is 11.4 Å². The van der Waals surface area contributed by atoms with Gasteiger partial charge < -0.3 is 5.32 Å². The molecule has 0 spiro atoms. The number of thiophene rings is 1. The minimum absolute atomic E-state index is 1.09. The van der Waals surface area contributed by atoms with Gasteiger partial charge in [0.05, 0.1) is 10.4 Å². The molecule has 0 aliphatic rings. The Kier molecular flexibility index (Phi) is 7.07. The highest BCUT2D eigenvalue weighted by molar-refractivity contribution is 7.26. The topological polar surface area (TPSA) is 12.0 Å². The number of rotatable bonds is 6. The van der Waals surface area contributed by atoms with Crippen LogP contribution in [0.3, 0.4) is 0 Å². The van der Waals surface area contributed by atoms with Crippen LogP contribution in [0.4, 0.5) is 11.4 Å². The van der Waals surface area contributed by atoms with E-state index in [1.807, 2.05) is 11.3 Å². The Hall–Kier alpha value is -5.96. The van der Waals surface area contributed by atoms with E-state index in [1.54, 1.807) is 0 Å². The Morgan fingerprint density at radius 3 is 1.40 bits per heavy atom. The smallest absolute Gasteiger partial charge is 0.0590 e. The first kappa shape index (κ1) is 28.3. The molecule has 0 aliphatic carbocycles. The van der Waals surface area contributed by atoms with Crippen molar-refractivity contribution in [2.75, 3.05) is 5.32 Å². The van der Waals surface area contributed by atoms with Gasteiger partial charge in [-0.15, -0.1) is 11.3 Å². The second kappa shape index (κ2) is 12.0. The van der Waals surface area contributed by atoms with E-state index in [4.69, 9.17) is 0 Å². The molecule has 2 heteroatoms. The highest BCUT2D eigenvalue weighted by Gasteiger charge is 2.09. The quantitative estimate of drug-likeness (QED) is 0.193. The summed E-state index contributed by atoms with van der Waals surface area (Å²) < 4.78 is 2.61. The van der Waals surface area contributed by atoms with Crippen molar-refractivity contribution in [2.45, 2.75) is 0 Å². The largest absolute Gasteiger partial charge is 0.354 e. The Bertz CT molecular complexity index is 2540. The molecule has 1 heterocycles. The van der Waals surface area contributed by atoms with Crippen molar-refractivity contribution >= 4 is 53.7 Å². The number of hydrogen-bond acceptors (Lipinski definition) is 2. The monoisotopic (exact) mass is 629 g/mol. The first-order valence-electron chi connectivity index (χ1n) is 16.3. The van der Waals surface area contributed by atoms with Crippen LogP contribution in [0, 0.1) is 0 Å². The maximum atomic E-state index is 3.66. The second-order valence-corrected chi connectivity index (χ2v) is 13.3. The first-order valence-corrected chi connectivity index (χ1v) is 17.1. The molecule has 0 saturated carbocycles. The van der Waals surface area contributed by atoms with Crippen LogP contribution in [0.15, 0.2) is 182 Å². The summed E-state index contributed by atoms with van der Waals surface area (Å²) in [6.45, 7) is 0. The SMILES string of the molecule is c1ccc2cc(-c3ccc(-c4ccc(-c5ccc(-c6ccc(Nc7cccc8c7sc7ccccc78)cc6)cc5)cc4)cc3)ccc2c1. The molecule has 9 rings (SSSR count). The average Bonchev–Trinajstić information content (AvgIpc) is 3.55. The van der Waals surface area contributed by atoms with E-state index in [9.17, 15) is 0 Å². The maximum Gasteiger partial charge on any atom is 0.0590 e. The van der Waals surface area contributed by atoms with Crippen LogP contribution < -0.4 is 5.32 Å². The maximum absolute atomic E-state index is 3.66. The molecule has 48 heavy (non-hydrogen) atoms. The van der Waals surface area contributed by atoms with Crippen LogP contribution in [0.2, 0.25) is 0 Å². The zero-order chi connectivity index (χ0) is 31.9. The predicted octanol–water partition coefficient (Wildman–Crippen LogP) is 13.6. The Labute approximate surface area is 284 Å². The Morgan fingerprint density at radius 2 is 0.792 bits per heavy atom. The molecule has 0 fully saturated rings. The van der Waals surface area contributed by atoms with Gasteiger partial charge >= 0.3 is 0 Å². The highest BCUT2D eigenvalue weighted by atomic mass is 32.1. The fourth-order valence-electron chi connectivity index (χ4n) is 6.68. The number of anilines is 2. The number of nitrogens with one attached hydrogen (secondary N) is 1. The molecule has 0 amide bonds. The fraction of sp³-hybridized carbons (Fsp3) is 0. The zero-order valence-corrected chi connectivity index (χ0v) is 27.0. The van der Waals surface area contributed by atoms with Gasteiger partial charge in [-0.2, -0.15) is 0 Å². The standard InChI is InChI=1S/C46H31NS/c1-2-7-39-30-40(25-24-31(39)6-1)38-22-20-35(21-23-38)34-14-12-32(13-15-34)33-16-18-36(19-17-33)37-26-28-41(29-27-37)47-44-10-5-9-43-42-8-3-4-11-45(42)48-46(43)44/h1-30,47H. The van der Waals surface area contributed by atoms with Crippen molar-refractivity contribution in [3.8, 4) is 44.5 Å². The Balaban J connectivity index is 0.887. The predicted molar refractivity (Wildman–Crippen MR) is 208 cm³/mol. The lowest BCUT2D eigenvalue weighted by atomic mass is 9.96. The summed E-state index contributed by atoms with van der Waals surface area (Å²) in [5.41, 5.74) is 12.0. The van der Waals surface area contributed by atoms with Crippen molar-refractivity contribution in [3.63, 3.8) is 0 Å². The molecule has 0 saturated heterocycles. The molecular weight excluding hydrogens is 599 g/mol. The average molecular weight is 630 g/mol. The van der Waals surface area contributed by atoms with Gasteiger partial charge in [-0.1, -0.05) is 152 Å². The summed E-state index contributed by atoms with van der Waals surface area (Å²) in [6, 6.07) is 65.7. The van der Waals surface area contributed by atoms with Crippen LogP contribution in [0.1, 0.15) is 0 Å². The first-order chi connectivity index (χ1) is 23.7. The van der Waals surface area contributed by atoms with Gasteiger partial charge in [0.1, 0.15) is 0 Å². The lowest BCUT2D eigenvalue weighted by molar-refractivity contribution is 1.56. The van der Waals surface area contributed by atoms with Crippen LogP contribution >= 0.6 is 11.3 Å². The van der Waals surface area contributed by atoms with Crippen LogP contribution in [0.25, 0.3) is 75.5 Å². The van der Waals surface area contributed by atoms with E-state index >= 15 is 0 Å². The molecule has 1 nitrogen and oxygen atoms in total. The zero-order valence-electron chi connectivity index (χ0n) is 26.2. The van der Waals surface area contributed by atoms with Gasteiger partial charge in [0.25, 0.3) is 0 Å². The lowest BCUT2D eigenvalue weighted by Crippen LogP contribution is -1.90. The molecule has 0 unspecified atom stereocenters. The van der Waals surface area contributed by atoms with Gasteiger partial charge in [0.2, 0.25) is 0 Å². The van der Waals surface area contributed by atoms with Crippen molar-refractivity contribution in [3.05, 3.63) is 182 Å². The third-order valence-corrected chi connectivity index (χ3v) is 10.5. The van der Waals surface area contributed by atoms with E-state index in [1.165, 1.54) is 75.5 Å². The van der Waals surface area contributed by atoms with Gasteiger partial charge in [-0.25, -0.2) is 0 Å². The van der Waals surface area contributed by atoms with E-state index in [2.05, 4.69) is 187 Å². The Morgan fingerprint density at radius 1 is 0.333 bits per heavy atom. The molecule has 226 valence electrons. The lowest BCUT2D eigenvalue weighted by Gasteiger charge is -2.10. The minimum atomic E-state index is 1.09. The normalized spacial score (nSPS) is 11.3. The van der Waals surface area contributed by atoms with Crippen molar-refractivity contribution in [2.24, 2.45) is 0 Å². The molecule has 0 radical (unpaired) electrons. The van der Waals surface area contributed by atoms with Crippen molar-refractivity contribution < 1.29 is 0 Å². The van der Waals surface area contributed by atoms with Crippen LogP contribution in [-0.2, 0) is 0 Å². The molecule has 1 N–H and O–H groups in total. The molecule has 9 aromatic rings.